The third-order valence-electron chi connectivity index (χ3n) is 9.97. The third kappa shape index (κ3) is 2.83. The van der Waals surface area contributed by atoms with Crippen molar-refractivity contribution in [3.05, 3.63) is 42.0 Å². The average molecular weight is 446 g/mol. The van der Waals surface area contributed by atoms with Crippen molar-refractivity contribution in [3.8, 4) is 0 Å². The highest BCUT2D eigenvalue weighted by Gasteiger charge is 2.70. The Balaban J connectivity index is 1.37. The summed E-state index contributed by atoms with van der Waals surface area (Å²) in [5.74, 6) is 0.870. The van der Waals surface area contributed by atoms with Crippen LogP contribution >= 0.6 is 0 Å². The Morgan fingerprint density at radius 1 is 1.00 bits per heavy atom. The SMILES string of the molecule is C[C@]12CCC(=O)C=C1CC[C@@H]1[C@@H]2C(=O)C[C@@]2(C)[C@H]1CC[C@@]21OB(c2ccccc2)OCC1=O. The summed E-state index contributed by atoms with van der Waals surface area (Å²) >= 11 is 0. The molecular weight excluding hydrogens is 415 g/mol. The molecule has 33 heavy (non-hydrogen) atoms. The quantitative estimate of drug-likeness (QED) is 0.619. The van der Waals surface area contributed by atoms with Gasteiger partial charge in [0.2, 0.25) is 0 Å². The van der Waals surface area contributed by atoms with Crippen LogP contribution in [-0.4, -0.2) is 36.7 Å². The lowest BCUT2D eigenvalue weighted by molar-refractivity contribution is -0.173. The molecule has 0 amide bonds. The molecule has 0 N–H and O–H groups in total. The molecule has 1 aliphatic heterocycles. The van der Waals surface area contributed by atoms with E-state index in [-0.39, 0.29) is 47.1 Å². The molecule has 4 fully saturated rings. The van der Waals surface area contributed by atoms with Crippen molar-refractivity contribution in [3.63, 3.8) is 0 Å². The number of carbonyl (C=O) groups is 3. The van der Waals surface area contributed by atoms with E-state index in [2.05, 4.69) is 13.8 Å². The van der Waals surface area contributed by atoms with Gasteiger partial charge in [0.15, 0.2) is 11.6 Å². The molecule has 172 valence electrons. The van der Waals surface area contributed by atoms with E-state index in [1.54, 1.807) is 0 Å². The number of benzene rings is 1. The fourth-order valence-electron chi connectivity index (χ4n) is 8.35. The molecule has 6 atom stereocenters. The molecule has 4 aliphatic carbocycles. The maximum atomic E-state index is 13.9. The summed E-state index contributed by atoms with van der Waals surface area (Å²) in [6, 6.07) is 9.77. The molecule has 1 saturated heterocycles. The zero-order chi connectivity index (χ0) is 23.0. The van der Waals surface area contributed by atoms with Gasteiger partial charge in [-0.15, -0.1) is 0 Å². The molecule has 5 nitrogen and oxygen atoms in total. The lowest BCUT2D eigenvalue weighted by atomic mass is 9.45. The zero-order valence-electron chi connectivity index (χ0n) is 19.5. The Morgan fingerprint density at radius 3 is 2.58 bits per heavy atom. The van der Waals surface area contributed by atoms with Crippen LogP contribution in [0, 0.1) is 28.6 Å². The number of rotatable bonds is 1. The van der Waals surface area contributed by atoms with E-state index in [0.717, 1.165) is 31.1 Å². The van der Waals surface area contributed by atoms with E-state index in [9.17, 15) is 14.4 Å². The second-order valence-electron chi connectivity index (χ2n) is 11.4. The third-order valence-corrected chi connectivity index (χ3v) is 9.97. The monoisotopic (exact) mass is 446 g/mol. The van der Waals surface area contributed by atoms with Gasteiger partial charge >= 0.3 is 7.12 Å². The average Bonchev–Trinajstić information content (AvgIpc) is 3.08. The minimum atomic E-state index is -0.976. The van der Waals surface area contributed by atoms with Crippen molar-refractivity contribution in [2.75, 3.05) is 6.61 Å². The number of hydrogen-bond donors (Lipinski definition) is 0. The van der Waals surface area contributed by atoms with E-state index in [0.29, 0.717) is 19.3 Å². The van der Waals surface area contributed by atoms with Crippen LogP contribution in [0.15, 0.2) is 42.0 Å². The smallest absolute Gasteiger partial charge is 0.400 e. The van der Waals surface area contributed by atoms with Crippen molar-refractivity contribution >= 4 is 29.9 Å². The maximum absolute atomic E-state index is 13.9. The van der Waals surface area contributed by atoms with Gasteiger partial charge in [-0.2, -0.15) is 0 Å². The van der Waals surface area contributed by atoms with Crippen LogP contribution in [0.3, 0.4) is 0 Å². The van der Waals surface area contributed by atoms with Crippen LogP contribution in [0.4, 0.5) is 0 Å². The Labute approximate surface area is 195 Å². The van der Waals surface area contributed by atoms with Gasteiger partial charge < -0.3 is 9.31 Å². The van der Waals surface area contributed by atoms with Gasteiger partial charge in [0.1, 0.15) is 11.4 Å². The fraction of sp³-hybridized carbons (Fsp3) is 0.593. The highest BCUT2D eigenvalue weighted by molar-refractivity contribution is 6.62. The van der Waals surface area contributed by atoms with Crippen molar-refractivity contribution < 1.29 is 23.7 Å². The van der Waals surface area contributed by atoms with E-state index >= 15 is 0 Å². The van der Waals surface area contributed by atoms with Crippen molar-refractivity contribution in [1.82, 2.24) is 0 Å². The molecule has 0 radical (unpaired) electrons. The van der Waals surface area contributed by atoms with Crippen molar-refractivity contribution in [1.29, 1.82) is 0 Å². The van der Waals surface area contributed by atoms with Crippen molar-refractivity contribution in [2.45, 2.75) is 64.4 Å². The predicted molar refractivity (Wildman–Crippen MR) is 124 cm³/mol. The minimum Gasteiger partial charge on any atom is -0.400 e. The Bertz CT molecular complexity index is 1070. The van der Waals surface area contributed by atoms with Gasteiger partial charge in [0.05, 0.1) is 6.61 Å². The van der Waals surface area contributed by atoms with Crippen LogP contribution in [0.1, 0.15) is 58.8 Å². The lowest BCUT2D eigenvalue weighted by Gasteiger charge is -2.59. The molecule has 1 aromatic rings. The number of hydrogen-bond acceptors (Lipinski definition) is 5. The molecule has 1 heterocycles. The maximum Gasteiger partial charge on any atom is 0.494 e. The molecule has 5 aliphatic rings. The first kappa shape index (κ1) is 21.5. The number of ketones is 3. The van der Waals surface area contributed by atoms with E-state index in [1.807, 2.05) is 36.4 Å². The second kappa shape index (κ2) is 7.23. The molecule has 0 aromatic heterocycles. The first-order valence-corrected chi connectivity index (χ1v) is 12.4. The topological polar surface area (TPSA) is 69.7 Å². The van der Waals surface area contributed by atoms with E-state index < -0.39 is 18.1 Å². The molecule has 6 heteroatoms. The fourth-order valence-corrected chi connectivity index (χ4v) is 8.35. The Morgan fingerprint density at radius 2 is 1.79 bits per heavy atom. The number of allylic oxidation sites excluding steroid dienone is 1. The van der Waals surface area contributed by atoms with Crippen molar-refractivity contribution in [2.24, 2.45) is 28.6 Å². The van der Waals surface area contributed by atoms with E-state index in [1.165, 1.54) is 5.57 Å². The molecule has 0 bridgehead atoms. The Hall–Kier alpha value is -2.05. The molecule has 6 rings (SSSR count). The molecular formula is C27H31BO5. The minimum absolute atomic E-state index is 0.0169. The number of carbonyl (C=O) groups excluding carboxylic acids is 3. The molecule has 0 unspecified atom stereocenters. The van der Waals surface area contributed by atoms with Gasteiger partial charge in [-0.3, -0.25) is 14.4 Å². The van der Waals surface area contributed by atoms with Gasteiger partial charge in [-0.25, -0.2) is 0 Å². The summed E-state index contributed by atoms with van der Waals surface area (Å²) in [7, 11) is -0.588. The zero-order valence-corrected chi connectivity index (χ0v) is 19.5. The van der Waals surface area contributed by atoms with Crippen LogP contribution in [0.5, 0.6) is 0 Å². The number of fused-ring (bicyclic) bond motifs is 6. The summed E-state index contributed by atoms with van der Waals surface area (Å²) in [4.78, 5) is 39.4. The predicted octanol–water partition coefficient (Wildman–Crippen LogP) is 3.45. The summed E-state index contributed by atoms with van der Waals surface area (Å²) in [5.41, 5.74) is 0.353. The highest BCUT2D eigenvalue weighted by Crippen LogP contribution is 2.67. The summed E-state index contributed by atoms with van der Waals surface area (Å²) in [6.07, 6.45) is 6.81. The first-order chi connectivity index (χ1) is 15.8. The van der Waals surface area contributed by atoms with Crippen LogP contribution in [0.2, 0.25) is 0 Å². The van der Waals surface area contributed by atoms with E-state index in [4.69, 9.17) is 9.31 Å². The van der Waals surface area contributed by atoms with Gasteiger partial charge in [-0.1, -0.05) is 49.8 Å². The standard InChI is InChI=1S/C27H31BO5/c1-25-12-10-19(29)14-17(25)8-9-20-21-11-13-27(26(21,2)15-22(30)24(20)25)23(31)16-32-28(33-27)18-6-4-3-5-7-18/h3-7,14,20-21,24H,8-13,15-16H2,1-2H3/t20-,21-,24+,25-,26-,27-/m0/s1. The first-order valence-electron chi connectivity index (χ1n) is 12.4. The largest absolute Gasteiger partial charge is 0.494 e. The van der Waals surface area contributed by atoms with Crippen LogP contribution in [0.25, 0.3) is 0 Å². The lowest BCUT2D eigenvalue weighted by Crippen LogP contribution is -2.66. The van der Waals surface area contributed by atoms with Gasteiger partial charge in [0.25, 0.3) is 0 Å². The summed E-state index contributed by atoms with van der Waals surface area (Å²) in [6.45, 7) is 4.36. The summed E-state index contributed by atoms with van der Waals surface area (Å²) < 4.78 is 12.4. The normalized spacial score (nSPS) is 42.6. The highest BCUT2D eigenvalue weighted by atomic mass is 16.6. The molecule has 1 spiro atoms. The van der Waals surface area contributed by atoms with Gasteiger partial charge in [0, 0.05) is 24.2 Å². The number of Topliss-reactive ketones (excluding diaryl/α,β-unsaturated/α-hetero) is 2. The second-order valence-corrected chi connectivity index (χ2v) is 11.4. The summed E-state index contributed by atoms with van der Waals surface area (Å²) in [5, 5.41) is 0. The molecule has 1 aromatic carbocycles. The van der Waals surface area contributed by atoms with Crippen LogP contribution in [-0.2, 0) is 23.7 Å². The van der Waals surface area contributed by atoms with Crippen LogP contribution < -0.4 is 5.46 Å². The Kier molecular flexibility index (Phi) is 4.70. The molecule has 3 saturated carbocycles. The van der Waals surface area contributed by atoms with Gasteiger partial charge in [-0.05, 0) is 60.9 Å².